The van der Waals surface area contributed by atoms with Crippen LogP contribution in [0.15, 0.2) is 54.6 Å². The quantitative estimate of drug-likeness (QED) is 0.781. The Morgan fingerprint density at radius 1 is 0.962 bits per heavy atom. The van der Waals surface area contributed by atoms with E-state index in [0.29, 0.717) is 0 Å². The van der Waals surface area contributed by atoms with E-state index < -0.39 is 0 Å². The van der Waals surface area contributed by atoms with Crippen LogP contribution in [0.25, 0.3) is 11.1 Å². The number of rotatable bonds is 6. The van der Waals surface area contributed by atoms with Crippen LogP contribution in [-0.2, 0) is 0 Å². The van der Waals surface area contributed by atoms with Crippen molar-refractivity contribution in [3.05, 3.63) is 60.2 Å². The standard InChI is InChI=1S/C23H30N2O/c1-18-15-19(2)17-25(16-18)14-6-13-24-23(26)22-11-9-21(10-12-22)20-7-4-3-5-8-20/h3-5,7-12,18-19H,6,13-17H2,1-2H3,(H,24,26)/t18-,19-/m1/s1. The molecule has 0 aromatic heterocycles. The molecular formula is C23H30N2O. The van der Waals surface area contributed by atoms with E-state index in [9.17, 15) is 4.79 Å². The van der Waals surface area contributed by atoms with E-state index in [1.807, 2.05) is 42.5 Å². The predicted octanol–water partition coefficient (Wildman–Crippen LogP) is 4.45. The fourth-order valence-corrected chi connectivity index (χ4v) is 4.03. The fourth-order valence-electron chi connectivity index (χ4n) is 4.03. The normalized spacial score (nSPS) is 20.7. The first-order chi connectivity index (χ1) is 12.6. The number of nitrogens with zero attached hydrogens (tertiary/aromatic N) is 1. The molecule has 0 aliphatic carbocycles. The highest BCUT2D eigenvalue weighted by atomic mass is 16.1. The summed E-state index contributed by atoms with van der Waals surface area (Å²) in [4.78, 5) is 14.9. The number of benzene rings is 2. The minimum Gasteiger partial charge on any atom is -0.352 e. The first-order valence-electron chi connectivity index (χ1n) is 9.78. The summed E-state index contributed by atoms with van der Waals surface area (Å²) in [5.74, 6) is 1.60. The largest absolute Gasteiger partial charge is 0.352 e. The lowest BCUT2D eigenvalue weighted by Gasteiger charge is -2.34. The van der Waals surface area contributed by atoms with Crippen molar-refractivity contribution in [2.75, 3.05) is 26.2 Å². The van der Waals surface area contributed by atoms with Gasteiger partial charge in [-0.25, -0.2) is 0 Å². The molecule has 1 fully saturated rings. The Labute approximate surface area is 157 Å². The molecule has 0 saturated carbocycles. The maximum atomic E-state index is 12.3. The summed E-state index contributed by atoms with van der Waals surface area (Å²) in [6.45, 7) is 8.87. The average Bonchev–Trinajstić information content (AvgIpc) is 2.65. The molecule has 1 amide bonds. The Hall–Kier alpha value is -2.13. The van der Waals surface area contributed by atoms with E-state index in [0.717, 1.165) is 42.5 Å². The van der Waals surface area contributed by atoms with Gasteiger partial charge in [0.15, 0.2) is 0 Å². The van der Waals surface area contributed by atoms with Gasteiger partial charge in [0.25, 0.3) is 5.91 Å². The van der Waals surface area contributed by atoms with Crippen LogP contribution in [0.3, 0.4) is 0 Å². The first kappa shape index (κ1) is 18.7. The van der Waals surface area contributed by atoms with E-state index >= 15 is 0 Å². The van der Waals surface area contributed by atoms with E-state index in [-0.39, 0.29) is 5.91 Å². The summed E-state index contributed by atoms with van der Waals surface area (Å²) in [6, 6.07) is 18.1. The van der Waals surface area contributed by atoms with Crippen LogP contribution < -0.4 is 5.32 Å². The number of carbonyl (C=O) groups excluding carboxylic acids is 1. The molecule has 0 unspecified atom stereocenters. The van der Waals surface area contributed by atoms with Gasteiger partial charge in [-0.15, -0.1) is 0 Å². The lowest BCUT2D eigenvalue weighted by molar-refractivity contribution is 0.0947. The van der Waals surface area contributed by atoms with Crippen LogP contribution in [-0.4, -0.2) is 37.0 Å². The Morgan fingerprint density at radius 3 is 2.23 bits per heavy atom. The van der Waals surface area contributed by atoms with Crippen LogP contribution in [0.5, 0.6) is 0 Å². The molecule has 1 aliphatic rings. The minimum atomic E-state index is 0.0185. The van der Waals surface area contributed by atoms with Gasteiger partial charge in [-0.2, -0.15) is 0 Å². The molecule has 3 rings (SSSR count). The van der Waals surface area contributed by atoms with Crippen molar-refractivity contribution < 1.29 is 4.79 Å². The topological polar surface area (TPSA) is 32.3 Å². The van der Waals surface area contributed by atoms with Crippen LogP contribution in [0.2, 0.25) is 0 Å². The lowest BCUT2D eigenvalue weighted by Crippen LogP contribution is -2.40. The summed E-state index contributed by atoms with van der Waals surface area (Å²) >= 11 is 0. The second kappa shape index (κ2) is 9.00. The summed E-state index contributed by atoms with van der Waals surface area (Å²) in [7, 11) is 0. The molecule has 2 atom stereocenters. The van der Waals surface area contributed by atoms with E-state index in [4.69, 9.17) is 0 Å². The molecule has 2 aromatic rings. The molecule has 0 bridgehead atoms. The molecule has 3 nitrogen and oxygen atoms in total. The average molecular weight is 351 g/mol. The van der Waals surface area contributed by atoms with Crippen LogP contribution >= 0.6 is 0 Å². The third-order valence-electron chi connectivity index (χ3n) is 5.14. The Bertz CT molecular complexity index is 686. The van der Waals surface area contributed by atoms with Crippen molar-refractivity contribution in [1.82, 2.24) is 10.2 Å². The van der Waals surface area contributed by atoms with Crippen molar-refractivity contribution in [2.45, 2.75) is 26.7 Å². The third-order valence-corrected chi connectivity index (χ3v) is 5.14. The number of piperidine rings is 1. The zero-order chi connectivity index (χ0) is 18.4. The van der Waals surface area contributed by atoms with Gasteiger partial charge in [0.05, 0.1) is 0 Å². The third kappa shape index (κ3) is 5.18. The fraction of sp³-hybridized carbons (Fsp3) is 0.435. The highest BCUT2D eigenvalue weighted by Crippen LogP contribution is 2.21. The van der Waals surface area contributed by atoms with Crippen LogP contribution in [0, 0.1) is 11.8 Å². The van der Waals surface area contributed by atoms with Gasteiger partial charge in [0.1, 0.15) is 0 Å². The highest BCUT2D eigenvalue weighted by Gasteiger charge is 2.21. The Kier molecular flexibility index (Phi) is 6.45. The van der Waals surface area contributed by atoms with E-state index in [1.54, 1.807) is 0 Å². The first-order valence-corrected chi connectivity index (χ1v) is 9.78. The number of hydrogen-bond donors (Lipinski definition) is 1. The second-order valence-electron chi connectivity index (χ2n) is 7.76. The molecule has 0 radical (unpaired) electrons. The van der Waals surface area contributed by atoms with Crippen molar-refractivity contribution >= 4 is 5.91 Å². The van der Waals surface area contributed by atoms with Gasteiger partial charge in [-0.3, -0.25) is 4.79 Å². The smallest absolute Gasteiger partial charge is 0.251 e. The van der Waals surface area contributed by atoms with Crippen LogP contribution in [0.4, 0.5) is 0 Å². The number of hydrogen-bond acceptors (Lipinski definition) is 2. The summed E-state index contributed by atoms with van der Waals surface area (Å²) in [5.41, 5.74) is 3.03. The van der Waals surface area contributed by atoms with E-state index in [1.165, 1.54) is 25.1 Å². The number of nitrogens with one attached hydrogen (secondary N) is 1. The molecule has 3 heteroatoms. The molecule has 2 aromatic carbocycles. The molecule has 26 heavy (non-hydrogen) atoms. The predicted molar refractivity (Wildman–Crippen MR) is 108 cm³/mol. The van der Waals surface area contributed by atoms with Crippen molar-refractivity contribution in [1.29, 1.82) is 0 Å². The zero-order valence-corrected chi connectivity index (χ0v) is 15.9. The van der Waals surface area contributed by atoms with Crippen molar-refractivity contribution in [3.63, 3.8) is 0 Å². The Morgan fingerprint density at radius 2 is 1.58 bits per heavy atom. The summed E-state index contributed by atoms with van der Waals surface area (Å²) < 4.78 is 0. The van der Waals surface area contributed by atoms with Gasteiger partial charge >= 0.3 is 0 Å². The number of amides is 1. The number of likely N-dealkylation sites (tertiary alicyclic amines) is 1. The monoisotopic (exact) mass is 350 g/mol. The van der Waals surface area contributed by atoms with Crippen molar-refractivity contribution in [3.8, 4) is 11.1 Å². The molecule has 1 heterocycles. The maximum Gasteiger partial charge on any atom is 0.251 e. The summed E-state index contributed by atoms with van der Waals surface area (Å²) in [5, 5.41) is 3.05. The van der Waals surface area contributed by atoms with Gasteiger partial charge in [-0.1, -0.05) is 56.3 Å². The Balaban J connectivity index is 1.43. The molecule has 1 saturated heterocycles. The number of carbonyl (C=O) groups is 1. The molecular weight excluding hydrogens is 320 g/mol. The van der Waals surface area contributed by atoms with Gasteiger partial charge in [-0.05, 0) is 54.5 Å². The SMILES string of the molecule is C[C@@H]1C[C@@H](C)CN(CCCNC(=O)c2ccc(-c3ccccc3)cc2)C1. The van der Waals surface area contributed by atoms with Gasteiger partial charge in [0, 0.05) is 25.2 Å². The van der Waals surface area contributed by atoms with Crippen LogP contribution in [0.1, 0.15) is 37.0 Å². The molecule has 1 N–H and O–H groups in total. The highest BCUT2D eigenvalue weighted by molar-refractivity contribution is 5.94. The van der Waals surface area contributed by atoms with E-state index in [2.05, 4.69) is 36.2 Å². The molecule has 1 aliphatic heterocycles. The van der Waals surface area contributed by atoms with Gasteiger partial charge < -0.3 is 10.2 Å². The summed E-state index contributed by atoms with van der Waals surface area (Å²) in [6.07, 6.45) is 2.35. The lowest BCUT2D eigenvalue weighted by atomic mass is 9.92. The molecule has 0 spiro atoms. The van der Waals surface area contributed by atoms with Crippen molar-refractivity contribution in [2.24, 2.45) is 11.8 Å². The minimum absolute atomic E-state index is 0.0185. The maximum absolute atomic E-state index is 12.3. The second-order valence-corrected chi connectivity index (χ2v) is 7.76. The molecule has 138 valence electrons. The van der Waals surface area contributed by atoms with Gasteiger partial charge in [0.2, 0.25) is 0 Å². The zero-order valence-electron chi connectivity index (χ0n) is 15.9.